The van der Waals surface area contributed by atoms with Crippen LogP contribution in [0.4, 0.5) is 0 Å². The van der Waals surface area contributed by atoms with Gasteiger partial charge in [-0.05, 0) is 57.9 Å². The second-order valence-electron chi connectivity index (χ2n) is 16.5. The van der Waals surface area contributed by atoms with E-state index in [-0.39, 0.29) is 43.2 Å². The van der Waals surface area contributed by atoms with Gasteiger partial charge in [0, 0.05) is 24.3 Å². The van der Waals surface area contributed by atoms with E-state index in [0.29, 0.717) is 6.42 Å². The van der Waals surface area contributed by atoms with Gasteiger partial charge in [-0.2, -0.15) is 25.3 Å². The maximum Gasteiger partial charge on any atom is 0.327 e. The molecule has 0 unspecified atom stereocenters. The number of carbonyl (C=O) groups is 12. The highest BCUT2D eigenvalue weighted by atomic mass is 32.1. The number of carboxylic acid groups (broad SMARTS) is 2. The summed E-state index contributed by atoms with van der Waals surface area (Å²) in [6, 6.07) is -13.9. The van der Waals surface area contributed by atoms with Crippen LogP contribution in [-0.2, 0) is 57.5 Å². The SMILES string of the molecule is CC(C)C[C@H](NC(=O)[C@H](CCCCN)NC(=O)[C@H](CCC(N)=O)NC(=O)[C@H](CO)NC(=O)[C@@H](N)CS)C(=O)N[C@@H](CCC(=O)O)C(=O)NCC(=O)N[C@H](C(=O)N[C@@H](CO)C(=O)N[C@@H](CS)C(=O)O)[C@@H](C)O. The number of nitrogens with one attached hydrogen (secondary N) is 9. The minimum atomic E-state index is -1.81. The first kappa shape index (κ1) is 65.1. The topological polar surface area (TPSA) is 492 Å². The highest BCUT2D eigenvalue weighted by molar-refractivity contribution is 7.80. The average molecular weight is 1060 g/mol. The molecule has 0 spiro atoms. The third-order valence-electron chi connectivity index (χ3n) is 9.98. The number of unbranched alkanes of at least 4 members (excludes halogenated alkanes) is 1. The van der Waals surface area contributed by atoms with Crippen molar-refractivity contribution in [2.75, 3.05) is 37.8 Å². The van der Waals surface area contributed by atoms with E-state index in [2.05, 4.69) is 67.8 Å². The van der Waals surface area contributed by atoms with Gasteiger partial charge in [0.05, 0.1) is 31.9 Å². The van der Waals surface area contributed by atoms with E-state index in [1.807, 2.05) is 5.32 Å². The third kappa shape index (κ3) is 25.7. The molecule has 0 rings (SSSR count). The second kappa shape index (κ2) is 34.5. The number of amides is 10. The number of carbonyl (C=O) groups excluding carboxylic acids is 10. The van der Waals surface area contributed by atoms with Gasteiger partial charge in [-0.1, -0.05) is 13.8 Å². The molecule has 0 bridgehead atoms. The standard InChI is InChI=1S/C40H70N12O17S2/c1-18(2)12-24(48-34(62)21(6-4-5-11-41)45-35(63)23(7-9-28(43)56)47-37(65)25(14-53)49-32(60)20(42)16-70)36(64)46-22(8-10-30(58)59)33(61)44-13-29(57)52-31(19(3)55)39(67)50-26(15-54)38(66)51-27(17-71)40(68)69/h18-27,31,53-55,70-71H,4-17,41-42H2,1-3H3,(H2,43,56)(H,44,61)(H,45,63)(H,46,64)(H,47,65)(H,48,62)(H,49,60)(H,50,67)(H,51,66)(H,52,57)(H,58,59)(H,68,69)/t19-,20+,21+,22+,23+,24+,25+,26+,27+,31+/m1/s1. The summed E-state index contributed by atoms with van der Waals surface area (Å²) >= 11 is 7.72. The van der Waals surface area contributed by atoms with Gasteiger partial charge in [-0.3, -0.25) is 52.7 Å². The van der Waals surface area contributed by atoms with Gasteiger partial charge in [-0.25, -0.2) is 4.79 Å². The molecule has 29 nitrogen and oxygen atoms in total. The first-order valence-corrected chi connectivity index (χ1v) is 23.5. The molecule has 0 radical (unpaired) electrons. The molecular weight excluding hydrogens is 985 g/mol. The second-order valence-corrected chi connectivity index (χ2v) is 17.2. The maximum absolute atomic E-state index is 13.9. The molecular formula is C40H70N12O17S2. The Labute approximate surface area is 419 Å². The van der Waals surface area contributed by atoms with Crippen LogP contribution in [0, 0.1) is 5.92 Å². The lowest BCUT2D eigenvalue weighted by Crippen LogP contribution is -2.60. The van der Waals surface area contributed by atoms with E-state index in [1.54, 1.807) is 13.8 Å². The van der Waals surface area contributed by atoms with E-state index >= 15 is 0 Å². The van der Waals surface area contributed by atoms with Crippen LogP contribution >= 0.6 is 25.3 Å². The molecule has 0 heterocycles. The predicted molar refractivity (Wildman–Crippen MR) is 255 cm³/mol. The minimum absolute atomic E-state index is 0.0809. The number of rotatable bonds is 36. The molecule has 0 saturated heterocycles. The van der Waals surface area contributed by atoms with Crippen molar-refractivity contribution in [3.8, 4) is 0 Å². The summed E-state index contributed by atoms with van der Waals surface area (Å²) in [6.07, 6.45) is -3.28. The van der Waals surface area contributed by atoms with Crippen LogP contribution in [0.3, 0.4) is 0 Å². The fraction of sp³-hybridized carbons (Fsp3) is 0.700. The summed E-state index contributed by atoms with van der Waals surface area (Å²) in [4.78, 5) is 153. The van der Waals surface area contributed by atoms with E-state index in [9.17, 15) is 78.0 Å². The van der Waals surface area contributed by atoms with Crippen LogP contribution < -0.4 is 65.1 Å². The normalized spacial score (nSPS) is 15.3. The molecule has 0 fully saturated rings. The zero-order valence-electron chi connectivity index (χ0n) is 39.5. The Bertz CT molecular complexity index is 1850. The van der Waals surface area contributed by atoms with Crippen molar-refractivity contribution in [3.63, 3.8) is 0 Å². The summed E-state index contributed by atoms with van der Waals surface area (Å²) in [5, 5.41) is 68.5. The number of aliphatic carboxylic acids is 2. The summed E-state index contributed by atoms with van der Waals surface area (Å²) in [7, 11) is 0. The quantitative estimate of drug-likeness (QED) is 0.0205. The number of hydrogen-bond acceptors (Lipinski definition) is 19. The Morgan fingerprint density at radius 2 is 0.972 bits per heavy atom. The number of primary amides is 1. The van der Waals surface area contributed by atoms with Crippen LogP contribution in [0.15, 0.2) is 0 Å². The van der Waals surface area contributed by atoms with Crippen molar-refractivity contribution in [2.24, 2.45) is 23.1 Å². The van der Waals surface area contributed by atoms with Crippen molar-refractivity contribution in [2.45, 2.75) is 133 Å². The Morgan fingerprint density at radius 1 is 0.535 bits per heavy atom. The van der Waals surface area contributed by atoms with Crippen molar-refractivity contribution in [3.05, 3.63) is 0 Å². The van der Waals surface area contributed by atoms with Crippen molar-refractivity contribution < 1.29 is 83.1 Å². The Balaban J connectivity index is 6.35. The van der Waals surface area contributed by atoms with Crippen molar-refractivity contribution >= 4 is 96.3 Å². The van der Waals surface area contributed by atoms with Gasteiger partial charge in [0.25, 0.3) is 0 Å². The van der Waals surface area contributed by atoms with E-state index in [0.717, 1.165) is 6.92 Å². The molecule has 71 heavy (non-hydrogen) atoms. The first-order valence-electron chi connectivity index (χ1n) is 22.3. The van der Waals surface area contributed by atoms with Gasteiger partial charge in [0.15, 0.2) is 0 Å². The Hall–Kier alpha value is -5.86. The van der Waals surface area contributed by atoms with Crippen molar-refractivity contribution in [1.29, 1.82) is 0 Å². The van der Waals surface area contributed by atoms with Crippen molar-refractivity contribution in [1.82, 2.24) is 47.9 Å². The van der Waals surface area contributed by atoms with E-state index < -0.39 is 177 Å². The molecule has 10 amide bonds. The molecule has 0 aromatic heterocycles. The molecule has 20 N–H and O–H groups in total. The van der Waals surface area contributed by atoms with E-state index in [1.165, 1.54) is 0 Å². The number of nitrogens with two attached hydrogens (primary N) is 3. The van der Waals surface area contributed by atoms with Crippen LogP contribution in [0.25, 0.3) is 0 Å². The van der Waals surface area contributed by atoms with Crippen LogP contribution in [0.5, 0.6) is 0 Å². The van der Waals surface area contributed by atoms with Gasteiger partial charge >= 0.3 is 11.9 Å². The zero-order valence-corrected chi connectivity index (χ0v) is 41.3. The minimum Gasteiger partial charge on any atom is -0.481 e. The van der Waals surface area contributed by atoms with Gasteiger partial charge in [-0.15, -0.1) is 0 Å². The van der Waals surface area contributed by atoms with Gasteiger partial charge < -0.3 is 90.6 Å². The maximum atomic E-state index is 13.9. The smallest absolute Gasteiger partial charge is 0.327 e. The lowest BCUT2D eigenvalue weighted by molar-refractivity contribution is -0.142. The fourth-order valence-corrected chi connectivity index (χ4v) is 6.45. The molecule has 0 saturated carbocycles. The lowest BCUT2D eigenvalue weighted by atomic mass is 10.0. The molecule has 404 valence electrons. The summed E-state index contributed by atoms with van der Waals surface area (Å²) in [5.74, 6) is -13.9. The average Bonchev–Trinajstić information content (AvgIpc) is 3.30. The van der Waals surface area contributed by atoms with Crippen LogP contribution in [0.1, 0.15) is 72.1 Å². The molecule has 0 aliphatic carbocycles. The summed E-state index contributed by atoms with van der Waals surface area (Å²) in [6.45, 7) is 1.72. The number of hydrogen-bond donors (Lipinski definition) is 19. The van der Waals surface area contributed by atoms with Crippen LogP contribution in [0.2, 0.25) is 0 Å². The molecule has 0 aromatic rings. The predicted octanol–water partition coefficient (Wildman–Crippen LogP) is -8.08. The number of carboxylic acids is 2. The molecule has 0 aliphatic rings. The lowest BCUT2D eigenvalue weighted by Gasteiger charge is -2.28. The third-order valence-corrected chi connectivity index (χ3v) is 10.7. The zero-order chi connectivity index (χ0) is 54.5. The number of thiol groups is 2. The monoisotopic (exact) mass is 1050 g/mol. The fourth-order valence-electron chi connectivity index (χ4n) is 6.04. The molecule has 31 heteroatoms. The van der Waals surface area contributed by atoms with Gasteiger partial charge in [0.2, 0.25) is 59.1 Å². The summed E-state index contributed by atoms with van der Waals surface area (Å²) < 4.78 is 0. The number of aliphatic hydroxyl groups excluding tert-OH is 3. The summed E-state index contributed by atoms with van der Waals surface area (Å²) in [5.41, 5.74) is 16.6. The molecule has 0 aliphatic heterocycles. The Kier molecular flexibility index (Phi) is 31.6. The largest absolute Gasteiger partial charge is 0.481 e. The highest BCUT2D eigenvalue weighted by Crippen LogP contribution is 2.10. The Morgan fingerprint density at radius 3 is 1.41 bits per heavy atom. The highest BCUT2D eigenvalue weighted by Gasteiger charge is 2.35. The molecule has 10 atom stereocenters. The number of aliphatic hydroxyl groups is 3. The van der Waals surface area contributed by atoms with E-state index in [4.69, 9.17) is 22.3 Å². The van der Waals surface area contributed by atoms with Crippen LogP contribution in [-0.4, -0.2) is 195 Å². The first-order chi connectivity index (χ1) is 33.3. The van der Waals surface area contributed by atoms with Gasteiger partial charge in [0.1, 0.15) is 48.3 Å². The molecule has 0 aromatic carbocycles.